The van der Waals surface area contributed by atoms with Crippen LogP contribution in [0.25, 0.3) is 0 Å². The molecule has 1 amide bonds. The first-order valence-corrected chi connectivity index (χ1v) is 7.94. The van der Waals surface area contributed by atoms with Crippen molar-refractivity contribution in [3.05, 3.63) is 64.7 Å². The van der Waals surface area contributed by atoms with Crippen LogP contribution in [0, 0.1) is 0 Å². The van der Waals surface area contributed by atoms with Crippen LogP contribution in [0.2, 0.25) is 5.02 Å². The molecule has 2 N–H and O–H groups in total. The summed E-state index contributed by atoms with van der Waals surface area (Å²) in [6.07, 6.45) is -4.53. The highest BCUT2D eigenvalue weighted by molar-refractivity contribution is 6.30. The van der Waals surface area contributed by atoms with E-state index in [1.54, 1.807) is 12.1 Å². The van der Waals surface area contributed by atoms with E-state index < -0.39 is 23.2 Å². The van der Waals surface area contributed by atoms with Crippen molar-refractivity contribution in [3.8, 4) is 0 Å². The first-order chi connectivity index (χ1) is 11.6. The monoisotopic (exact) mass is 370 g/mol. The van der Waals surface area contributed by atoms with Crippen LogP contribution in [-0.4, -0.2) is 12.5 Å². The van der Waals surface area contributed by atoms with E-state index in [4.69, 9.17) is 11.6 Å². The van der Waals surface area contributed by atoms with Gasteiger partial charge in [0, 0.05) is 10.6 Å². The Bertz CT molecular complexity index is 743. The molecule has 0 heterocycles. The minimum Gasteiger partial charge on any atom is -0.324 e. The normalized spacial score (nSPS) is 12.1. The second-order valence-electron chi connectivity index (χ2n) is 6.08. The molecule has 0 atom stereocenters. The summed E-state index contributed by atoms with van der Waals surface area (Å²) in [6, 6.07) is 12.0. The van der Waals surface area contributed by atoms with Gasteiger partial charge in [0.05, 0.1) is 17.8 Å². The third kappa shape index (κ3) is 5.21. The van der Waals surface area contributed by atoms with Crippen LogP contribution in [-0.2, 0) is 16.5 Å². The number of halogens is 4. The van der Waals surface area contributed by atoms with Gasteiger partial charge in [-0.2, -0.15) is 13.2 Å². The number of carbonyl (C=O) groups excluding carboxylic acids is 1. The maximum Gasteiger partial charge on any atom is 0.418 e. The summed E-state index contributed by atoms with van der Waals surface area (Å²) in [5, 5.41) is 5.94. The Labute approximate surface area is 149 Å². The molecule has 25 heavy (non-hydrogen) atoms. The third-order valence-electron chi connectivity index (χ3n) is 3.76. The molecule has 0 radical (unpaired) electrons. The van der Waals surface area contributed by atoms with Crippen LogP contribution in [0.3, 0.4) is 0 Å². The first kappa shape index (κ1) is 19.3. The molecule has 7 heteroatoms. The molecule has 0 fully saturated rings. The van der Waals surface area contributed by atoms with Gasteiger partial charge in [-0.05, 0) is 43.7 Å². The molecule has 2 rings (SSSR count). The Morgan fingerprint density at radius 1 is 1.04 bits per heavy atom. The number of anilines is 1. The average Bonchev–Trinajstić information content (AvgIpc) is 2.53. The molecule has 3 nitrogen and oxygen atoms in total. The van der Waals surface area contributed by atoms with E-state index in [0.717, 1.165) is 11.6 Å². The van der Waals surface area contributed by atoms with E-state index in [9.17, 15) is 18.0 Å². The lowest BCUT2D eigenvalue weighted by Crippen LogP contribution is -2.41. The van der Waals surface area contributed by atoms with Gasteiger partial charge in [0.25, 0.3) is 0 Å². The fourth-order valence-electron chi connectivity index (χ4n) is 2.30. The SMILES string of the molecule is CC(C)(NCC(=O)Nc1ccccc1C(F)(F)F)c1ccc(Cl)cc1. The largest absolute Gasteiger partial charge is 0.418 e. The van der Waals surface area contributed by atoms with Crippen LogP contribution in [0.15, 0.2) is 48.5 Å². The molecule has 0 saturated carbocycles. The number of hydrogen-bond acceptors (Lipinski definition) is 2. The topological polar surface area (TPSA) is 41.1 Å². The van der Waals surface area contributed by atoms with Gasteiger partial charge in [0.1, 0.15) is 0 Å². The van der Waals surface area contributed by atoms with Gasteiger partial charge in [-0.15, -0.1) is 0 Å². The predicted octanol–water partition coefficient (Wildman–Crippen LogP) is 4.82. The van der Waals surface area contributed by atoms with Gasteiger partial charge in [0.15, 0.2) is 0 Å². The average molecular weight is 371 g/mol. The number of alkyl halides is 3. The predicted molar refractivity (Wildman–Crippen MR) is 92.6 cm³/mol. The summed E-state index contributed by atoms with van der Waals surface area (Å²) in [6.45, 7) is 3.60. The molecule has 0 aliphatic carbocycles. The van der Waals surface area contributed by atoms with Crippen molar-refractivity contribution >= 4 is 23.2 Å². The second-order valence-corrected chi connectivity index (χ2v) is 6.51. The highest BCUT2D eigenvalue weighted by Gasteiger charge is 2.33. The van der Waals surface area contributed by atoms with Gasteiger partial charge < -0.3 is 5.32 Å². The molecule has 0 spiro atoms. The van der Waals surface area contributed by atoms with Crippen molar-refractivity contribution in [3.63, 3.8) is 0 Å². The maximum atomic E-state index is 13.0. The van der Waals surface area contributed by atoms with Crippen molar-refractivity contribution in [2.45, 2.75) is 25.6 Å². The molecule has 0 unspecified atom stereocenters. The highest BCUT2D eigenvalue weighted by atomic mass is 35.5. The molecular weight excluding hydrogens is 353 g/mol. The number of nitrogens with one attached hydrogen (secondary N) is 2. The Morgan fingerprint density at radius 2 is 1.64 bits per heavy atom. The number of para-hydroxylation sites is 1. The Kier molecular flexibility index (Phi) is 5.75. The van der Waals surface area contributed by atoms with E-state index in [0.29, 0.717) is 5.02 Å². The van der Waals surface area contributed by atoms with Crippen LogP contribution < -0.4 is 10.6 Å². The number of hydrogen-bond donors (Lipinski definition) is 2. The zero-order valence-electron chi connectivity index (χ0n) is 13.7. The second kappa shape index (κ2) is 7.45. The lowest BCUT2D eigenvalue weighted by molar-refractivity contribution is -0.137. The summed E-state index contributed by atoms with van der Waals surface area (Å²) < 4.78 is 38.9. The summed E-state index contributed by atoms with van der Waals surface area (Å²) >= 11 is 5.85. The fraction of sp³-hybridized carbons (Fsp3) is 0.278. The van der Waals surface area contributed by atoms with E-state index in [1.165, 1.54) is 18.2 Å². The molecule has 0 aliphatic heterocycles. The molecule has 134 valence electrons. The first-order valence-electron chi connectivity index (χ1n) is 7.57. The van der Waals surface area contributed by atoms with E-state index in [-0.39, 0.29) is 12.2 Å². The minimum atomic E-state index is -4.53. The highest BCUT2D eigenvalue weighted by Crippen LogP contribution is 2.34. The number of benzene rings is 2. The quantitative estimate of drug-likeness (QED) is 0.792. The molecule has 0 aromatic heterocycles. The standard InChI is InChI=1S/C18H18ClF3N2O/c1-17(2,12-7-9-13(19)10-8-12)23-11-16(25)24-15-6-4-3-5-14(15)18(20,21)22/h3-10,23H,11H2,1-2H3,(H,24,25). The lowest BCUT2D eigenvalue weighted by atomic mass is 9.94. The molecule has 2 aromatic rings. The summed E-state index contributed by atoms with van der Waals surface area (Å²) in [5.74, 6) is -0.557. The minimum absolute atomic E-state index is 0.137. The molecule has 2 aromatic carbocycles. The van der Waals surface area contributed by atoms with Crippen LogP contribution in [0.4, 0.5) is 18.9 Å². The third-order valence-corrected chi connectivity index (χ3v) is 4.02. The number of amides is 1. The van der Waals surface area contributed by atoms with Crippen LogP contribution in [0.5, 0.6) is 0 Å². The van der Waals surface area contributed by atoms with Crippen molar-refractivity contribution in [2.75, 3.05) is 11.9 Å². The van der Waals surface area contributed by atoms with E-state index >= 15 is 0 Å². The van der Waals surface area contributed by atoms with Crippen LogP contribution >= 0.6 is 11.6 Å². The van der Waals surface area contributed by atoms with Crippen molar-refractivity contribution in [1.29, 1.82) is 0 Å². The Morgan fingerprint density at radius 3 is 2.24 bits per heavy atom. The summed E-state index contributed by atoms with van der Waals surface area (Å²) in [5.41, 5.74) is -0.780. The summed E-state index contributed by atoms with van der Waals surface area (Å²) in [4.78, 5) is 12.1. The molecule has 0 bridgehead atoms. The Balaban J connectivity index is 2.03. The Hall–Kier alpha value is -2.05. The number of rotatable bonds is 5. The van der Waals surface area contributed by atoms with Gasteiger partial charge in [-0.25, -0.2) is 0 Å². The van der Waals surface area contributed by atoms with Crippen molar-refractivity contribution in [2.24, 2.45) is 0 Å². The smallest absolute Gasteiger partial charge is 0.324 e. The van der Waals surface area contributed by atoms with Gasteiger partial charge in [0.2, 0.25) is 5.91 Å². The zero-order chi connectivity index (χ0) is 18.7. The lowest BCUT2D eigenvalue weighted by Gasteiger charge is -2.27. The summed E-state index contributed by atoms with van der Waals surface area (Å²) in [7, 11) is 0. The zero-order valence-corrected chi connectivity index (χ0v) is 14.5. The number of carbonyl (C=O) groups is 1. The maximum absolute atomic E-state index is 13.0. The fourth-order valence-corrected chi connectivity index (χ4v) is 2.43. The van der Waals surface area contributed by atoms with Crippen molar-refractivity contribution < 1.29 is 18.0 Å². The van der Waals surface area contributed by atoms with E-state index in [2.05, 4.69) is 10.6 Å². The molecule has 0 aliphatic rings. The van der Waals surface area contributed by atoms with Gasteiger partial charge >= 0.3 is 6.18 Å². The molecule has 0 saturated heterocycles. The van der Waals surface area contributed by atoms with Gasteiger partial charge in [-0.3, -0.25) is 10.1 Å². The van der Waals surface area contributed by atoms with Crippen LogP contribution in [0.1, 0.15) is 25.0 Å². The van der Waals surface area contributed by atoms with Gasteiger partial charge in [-0.1, -0.05) is 35.9 Å². The van der Waals surface area contributed by atoms with Crippen molar-refractivity contribution in [1.82, 2.24) is 5.32 Å². The van der Waals surface area contributed by atoms with E-state index in [1.807, 2.05) is 26.0 Å². The molecular formula is C18H18ClF3N2O.